The molecular formula is C13H19N3O2. The van der Waals surface area contributed by atoms with Gasteiger partial charge in [0.05, 0.1) is 6.61 Å². The summed E-state index contributed by atoms with van der Waals surface area (Å²) in [7, 11) is 1.80. The lowest BCUT2D eigenvalue weighted by Gasteiger charge is -2.20. The van der Waals surface area contributed by atoms with Crippen LogP contribution in [0.25, 0.3) is 0 Å². The second-order valence-electron chi connectivity index (χ2n) is 4.39. The molecule has 0 atom stereocenters. The minimum Gasteiger partial charge on any atom is -0.380 e. The molecule has 0 unspecified atom stereocenters. The normalized spacial score (nSPS) is 16.2. The first-order chi connectivity index (χ1) is 8.70. The Bertz CT molecular complexity index is 426. The maximum atomic E-state index is 12.4. The summed E-state index contributed by atoms with van der Waals surface area (Å²) in [5, 5.41) is 2.97. The first-order valence-corrected chi connectivity index (χ1v) is 6.24. The van der Waals surface area contributed by atoms with Gasteiger partial charge in [-0.3, -0.25) is 4.79 Å². The largest absolute Gasteiger partial charge is 0.380 e. The Balaban J connectivity index is 2.18. The lowest BCUT2D eigenvalue weighted by atomic mass is 10.2. The maximum absolute atomic E-state index is 12.4. The number of carbonyl (C=O) groups excluding carboxylic acids is 1. The SMILES string of the molecule is CNc1cc(C(=O)N2CCCOCC2)cc(C)n1. The third kappa shape index (κ3) is 2.98. The molecule has 1 N–H and O–H groups in total. The molecule has 2 rings (SSSR count). The van der Waals surface area contributed by atoms with E-state index in [9.17, 15) is 4.79 Å². The average molecular weight is 249 g/mol. The van der Waals surface area contributed by atoms with E-state index in [4.69, 9.17) is 4.74 Å². The van der Waals surface area contributed by atoms with Gasteiger partial charge in [0.15, 0.2) is 0 Å². The number of aromatic nitrogens is 1. The number of ether oxygens (including phenoxy) is 1. The molecule has 2 heterocycles. The molecule has 0 bridgehead atoms. The summed E-state index contributed by atoms with van der Waals surface area (Å²) < 4.78 is 5.36. The van der Waals surface area contributed by atoms with Gasteiger partial charge >= 0.3 is 0 Å². The number of amides is 1. The Labute approximate surface area is 107 Å². The van der Waals surface area contributed by atoms with E-state index in [0.29, 0.717) is 18.7 Å². The topological polar surface area (TPSA) is 54.5 Å². The Kier molecular flexibility index (Phi) is 4.15. The van der Waals surface area contributed by atoms with Gasteiger partial charge in [-0.25, -0.2) is 4.98 Å². The summed E-state index contributed by atoms with van der Waals surface area (Å²) >= 11 is 0. The van der Waals surface area contributed by atoms with Crippen molar-refractivity contribution in [2.45, 2.75) is 13.3 Å². The van der Waals surface area contributed by atoms with E-state index < -0.39 is 0 Å². The fraction of sp³-hybridized carbons (Fsp3) is 0.538. The molecule has 1 aliphatic rings. The summed E-state index contributed by atoms with van der Waals surface area (Å²) in [6, 6.07) is 3.62. The Hall–Kier alpha value is -1.62. The molecule has 1 aromatic rings. The van der Waals surface area contributed by atoms with Crippen molar-refractivity contribution in [3.05, 3.63) is 23.4 Å². The monoisotopic (exact) mass is 249 g/mol. The van der Waals surface area contributed by atoms with E-state index in [1.165, 1.54) is 0 Å². The van der Waals surface area contributed by atoms with Crippen LogP contribution in [0.5, 0.6) is 0 Å². The second-order valence-corrected chi connectivity index (χ2v) is 4.39. The number of aryl methyl sites for hydroxylation is 1. The summed E-state index contributed by atoms with van der Waals surface area (Å²) in [6.45, 7) is 4.67. The molecule has 1 aliphatic heterocycles. The zero-order valence-electron chi connectivity index (χ0n) is 10.9. The molecule has 0 spiro atoms. The quantitative estimate of drug-likeness (QED) is 0.858. The number of carbonyl (C=O) groups is 1. The second kappa shape index (κ2) is 5.82. The number of pyridine rings is 1. The van der Waals surface area contributed by atoms with Gasteiger partial charge in [0.1, 0.15) is 5.82 Å². The maximum Gasteiger partial charge on any atom is 0.254 e. The van der Waals surface area contributed by atoms with Crippen LogP contribution in [0.4, 0.5) is 5.82 Å². The number of hydrogen-bond acceptors (Lipinski definition) is 4. The van der Waals surface area contributed by atoms with Crippen LogP contribution in [0.15, 0.2) is 12.1 Å². The summed E-state index contributed by atoms with van der Waals surface area (Å²) in [4.78, 5) is 18.5. The molecule has 0 aromatic carbocycles. The summed E-state index contributed by atoms with van der Waals surface area (Å²) in [6.07, 6.45) is 0.898. The van der Waals surface area contributed by atoms with Crippen LogP contribution >= 0.6 is 0 Å². The lowest BCUT2D eigenvalue weighted by Crippen LogP contribution is -2.33. The van der Waals surface area contributed by atoms with Crippen molar-refractivity contribution in [1.29, 1.82) is 0 Å². The van der Waals surface area contributed by atoms with E-state index >= 15 is 0 Å². The van der Waals surface area contributed by atoms with Gasteiger partial charge in [0.2, 0.25) is 0 Å². The minimum atomic E-state index is 0.0579. The highest BCUT2D eigenvalue weighted by atomic mass is 16.5. The highest BCUT2D eigenvalue weighted by Crippen LogP contribution is 2.13. The van der Waals surface area contributed by atoms with Gasteiger partial charge in [0, 0.05) is 38.0 Å². The van der Waals surface area contributed by atoms with Crippen LogP contribution in [-0.4, -0.2) is 49.1 Å². The third-order valence-electron chi connectivity index (χ3n) is 2.97. The molecule has 5 nitrogen and oxygen atoms in total. The van der Waals surface area contributed by atoms with Gasteiger partial charge in [0.25, 0.3) is 5.91 Å². The zero-order chi connectivity index (χ0) is 13.0. The fourth-order valence-corrected chi connectivity index (χ4v) is 2.05. The highest BCUT2D eigenvalue weighted by Gasteiger charge is 2.18. The van der Waals surface area contributed by atoms with Gasteiger partial charge in [-0.1, -0.05) is 0 Å². The third-order valence-corrected chi connectivity index (χ3v) is 2.97. The Morgan fingerprint density at radius 2 is 2.22 bits per heavy atom. The average Bonchev–Trinajstić information content (AvgIpc) is 2.65. The van der Waals surface area contributed by atoms with Crippen LogP contribution in [0.1, 0.15) is 22.5 Å². The minimum absolute atomic E-state index is 0.0579. The van der Waals surface area contributed by atoms with Gasteiger partial charge in [-0.05, 0) is 25.5 Å². The van der Waals surface area contributed by atoms with Crippen LogP contribution in [0, 0.1) is 6.92 Å². The van der Waals surface area contributed by atoms with E-state index in [0.717, 1.165) is 31.1 Å². The molecule has 0 aliphatic carbocycles. The van der Waals surface area contributed by atoms with Gasteiger partial charge in [-0.2, -0.15) is 0 Å². The van der Waals surface area contributed by atoms with E-state index in [1.807, 2.05) is 17.9 Å². The summed E-state index contributed by atoms with van der Waals surface area (Å²) in [5.41, 5.74) is 1.53. The van der Waals surface area contributed by atoms with Crippen molar-refractivity contribution in [2.75, 3.05) is 38.7 Å². The lowest BCUT2D eigenvalue weighted by molar-refractivity contribution is 0.0741. The van der Waals surface area contributed by atoms with Crippen molar-refractivity contribution in [3.8, 4) is 0 Å². The molecule has 0 radical (unpaired) electrons. The van der Waals surface area contributed by atoms with E-state index in [-0.39, 0.29) is 5.91 Å². The highest BCUT2D eigenvalue weighted by molar-refractivity contribution is 5.95. The van der Waals surface area contributed by atoms with Crippen molar-refractivity contribution in [1.82, 2.24) is 9.88 Å². The fourth-order valence-electron chi connectivity index (χ4n) is 2.05. The molecule has 5 heteroatoms. The molecule has 1 aromatic heterocycles. The zero-order valence-corrected chi connectivity index (χ0v) is 10.9. The van der Waals surface area contributed by atoms with Gasteiger partial charge in [-0.15, -0.1) is 0 Å². The smallest absolute Gasteiger partial charge is 0.254 e. The molecule has 1 amide bonds. The van der Waals surface area contributed by atoms with E-state index in [1.54, 1.807) is 13.1 Å². The molecule has 1 fully saturated rings. The number of hydrogen-bond donors (Lipinski definition) is 1. The Morgan fingerprint density at radius 1 is 1.39 bits per heavy atom. The van der Waals surface area contributed by atoms with Crippen LogP contribution in [0.3, 0.4) is 0 Å². The molecule has 0 saturated carbocycles. The van der Waals surface area contributed by atoms with Crippen molar-refractivity contribution in [3.63, 3.8) is 0 Å². The van der Waals surface area contributed by atoms with Crippen LogP contribution in [0.2, 0.25) is 0 Å². The predicted octanol–water partition coefficient (Wildman–Crippen LogP) is 1.29. The number of anilines is 1. The summed E-state index contributed by atoms with van der Waals surface area (Å²) in [5.74, 6) is 0.784. The number of rotatable bonds is 2. The van der Waals surface area contributed by atoms with Crippen molar-refractivity contribution >= 4 is 11.7 Å². The molecular weight excluding hydrogens is 230 g/mol. The Morgan fingerprint density at radius 3 is 3.00 bits per heavy atom. The standard InChI is InChI=1S/C13H19N3O2/c1-10-8-11(9-12(14-2)15-10)13(17)16-4-3-6-18-7-5-16/h8-9H,3-7H2,1-2H3,(H,14,15). The van der Waals surface area contributed by atoms with Crippen molar-refractivity contribution in [2.24, 2.45) is 0 Å². The number of nitrogens with zero attached hydrogens (tertiary/aromatic N) is 2. The van der Waals surface area contributed by atoms with E-state index in [2.05, 4.69) is 10.3 Å². The van der Waals surface area contributed by atoms with Crippen LogP contribution < -0.4 is 5.32 Å². The number of nitrogens with one attached hydrogen (secondary N) is 1. The predicted molar refractivity (Wildman–Crippen MR) is 69.9 cm³/mol. The molecule has 18 heavy (non-hydrogen) atoms. The molecule has 98 valence electrons. The van der Waals surface area contributed by atoms with Crippen LogP contribution in [-0.2, 0) is 4.74 Å². The molecule has 1 saturated heterocycles. The first-order valence-electron chi connectivity index (χ1n) is 6.24. The van der Waals surface area contributed by atoms with Crippen molar-refractivity contribution < 1.29 is 9.53 Å². The first kappa shape index (κ1) is 12.8. The van der Waals surface area contributed by atoms with Gasteiger partial charge < -0.3 is 15.0 Å².